The van der Waals surface area contributed by atoms with Crippen molar-refractivity contribution in [1.29, 1.82) is 0 Å². The number of anilines is 1. The van der Waals surface area contributed by atoms with Crippen LogP contribution in [0.4, 0.5) is 5.69 Å². The van der Waals surface area contributed by atoms with Crippen LogP contribution in [-0.4, -0.2) is 32.9 Å². The molecule has 0 fully saturated rings. The van der Waals surface area contributed by atoms with Crippen molar-refractivity contribution in [2.75, 3.05) is 32.7 Å². The summed E-state index contributed by atoms with van der Waals surface area (Å²) in [6.07, 6.45) is 0.254. The number of nitrogen functional groups attached to an aromatic ring is 1. The predicted molar refractivity (Wildman–Crippen MR) is 63.8 cm³/mol. The Balaban J connectivity index is 2.09. The number of ether oxygens (including phenoxy) is 3. The second kappa shape index (κ2) is 7.51. The number of hydrogen-bond donors (Lipinski definition) is 1. The van der Waals surface area contributed by atoms with Crippen LogP contribution >= 0.6 is 0 Å². The van der Waals surface area contributed by atoms with E-state index in [-0.39, 0.29) is 12.4 Å². The van der Waals surface area contributed by atoms with Crippen molar-refractivity contribution in [2.45, 2.75) is 6.42 Å². The topological polar surface area (TPSA) is 70.8 Å². The van der Waals surface area contributed by atoms with Crippen molar-refractivity contribution >= 4 is 11.7 Å². The molecule has 2 N–H and O–H groups in total. The van der Waals surface area contributed by atoms with E-state index in [2.05, 4.69) is 4.74 Å². The normalized spacial score (nSPS) is 9.94. The monoisotopic (exact) mass is 239 g/mol. The minimum absolute atomic E-state index is 0.254. The maximum absolute atomic E-state index is 10.8. The Morgan fingerprint density at radius 2 is 2.00 bits per heavy atom. The van der Waals surface area contributed by atoms with Crippen LogP contribution in [0.2, 0.25) is 0 Å². The maximum atomic E-state index is 10.8. The molecular weight excluding hydrogens is 222 g/mol. The molecular formula is C12H17NO4. The number of para-hydroxylation sites is 2. The largest absolute Gasteiger partial charge is 0.489 e. The van der Waals surface area contributed by atoms with Gasteiger partial charge in [0.2, 0.25) is 0 Å². The number of hydrogen-bond acceptors (Lipinski definition) is 5. The summed E-state index contributed by atoms with van der Waals surface area (Å²) in [5.41, 5.74) is 6.29. The van der Waals surface area contributed by atoms with Gasteiger partial charge in [0.15, 0.2) is 0 Å². The summed E-state index contributed by atoms with van der Waals surface area (Å²) < 4.78 is 15.1. The summed E-state index contributed by atoms with van der Waals surface area (Å²) in [5, 5.41) is 0. The number of carbonyl (C=O) groups is 1. The molecule has 1 aromatic rings. The van der Waals surface area contributed by atoms with Crippen LogP contribution in [0.25, 0.3) is 0 Å². The van der Waals surface area contributed by atoms with Crippen LogP contribution in [0.15, 0.2) is 24.3 Å². The van der Waals surface area contributed by atoms with E-state index >= 15 is 0 Å². The van der Waals surface area contributed by atoms with Gasteiger partial charge < -0.3 is 19.9 Å². The van der Waals surface area contributed by atoms with Crippen LogP contribution in [-0.2, 0) is 14.3 Å². The molecule has 0 radical (unpaired) electrons. The number of nitrogens with two attached hydrogens (primary N) is 1. The van der Waals surface area contributed by atoms with E-state index in [1.807, 2.05) is 12.1 Å². The van der Waals surface area contributed by atoms with Crippen LogP contribution in [0, 0.1) is 0 Å². The van der Waals surface area contributed by atoms with Gasteiger partial charge in [0, 0.05) is 0 Å². The van der Waals surface area contributed by atoms with Gasteiger partial charge in [-0.2, -0.15) is 0 Å². The summed E-state index contributed by atoms with van der Waals surface area (Å²) >= 11 is 0. The van der Waals surface area contributed by atoms with Crippen LogP contribution in [0.1, 0.15) is 6.42 Å². The molecule has 5 heteroatoms. The maximum Gasteiger partial charge on any atom is 0.307 e. The smallest absolute Gasteiger partial charge is 0.307 e. The molecule has 0 aliphatic carbocycles. The molecule has 0 aromatic heterocycles. The van der Waals surface area contributed by atoms with E-state index in [9.17, 15) is 4.79 Å². The zero-order chi connectivity index (χ0) is 12.5. The molecule has 0 aliphatic heterocycles. The quantitative estimate of drug-likeness (QED) is 0.440. The van der Waals surface area contributed by atoms with Gasteiger partial charge >= 0.3 is 5.97 Å². The van der Waals surface area contributed by atoms with Crippen molar-refractivity contribution in [1.82, 2.24) is 0 Å². The highest BCUT2D eigenvalue weighted by atomic mass is 16.5. The second-order valence-corrected chi connectivity index (χ2v) is 3.32. The molecule has 94 valence electrons. The highest BCUT2D eigenvalue weighted by Crippen LogP contribution is 2.19. The van der Waals surface area contributed by atoms with Gasteiger partial charge in [0.05, 0.1) is 32.4 Å². The fraction of sp³-hybridized carbons (Fsp3) is 0.417. The molecule has 0 saturated carbocycles. The lowest BCUT2D eigenvalue weighted by Crippen LogP contribution is -2.11. The zero-order valence-electron chi connectivity index (χ0n) is 9.85. The number of methoxy groups -OCH3 is 1. The first-order valence-corrected chi connectivity index (χ1v) is 5.36. The number of benzene rings is 1. The molecule has 0 atom stereocenters. The summed E-state index contributed by atoms with van der Waals surface area (Å²) in [4.78, 5) is 10.8. The summed E-state index contributed by atoms with van der Waals surface area (Å²) in [6.45, 7) is 1.14. The Morgan fingerprint density at radius 1 is 1.24 bits per heavy atom. The van der Waals surface area contributed by atoms with Crippen LogP contribution in [0.3, 0.4) is 0 Å². The van der Waals surface area contributed by atoms with Crippen molar-refractivity contribution in [2.24, 2.45) is 0 Å². The third kappa shape index (κ3) is 5.21. The van der Waals surface area contributed by atoms with Crippen LogP contribution in [0.5, 0.6) is 5.75 Å². The SMILES string of the molecule is COC(=O)CCOCCOc1ccccc1N. The molecule has 5 nitrogen and oxygen atoms in total. The Kier molecular flexibility index (Phi) is 5.88. The predicted octanol–water partition coefficient (Wildman–Crippen LogP) is 1.23. The molecule has 0 amide bonds. The molecule has 0 heterocycles. The van der Waals surface area contributed by atoms with Gasteiger partial charge in [-0.25, -0.2) is 0 Å². The third-order valence-electron chi connectivity index (χ3n) is 2.08. The molecule has 17 heavy (non-hydrogen) atoms. The first-order chi connectivity index (χ1) is 8.24. The van der Waals surface area contributed by atoms with Crippen LogP contribution < -0.4 is 10.5 Å². The van der Waals surface area contributed by atoms with Crippen molar-refractivity contribution in [3.05, 3.63) is 24.3 Å². The van der Waals surface area contributed by atoms with Gasteiger partial charge in [0.25, 0.3) is 0 Å². The summed E-state index contributed by atoms with van der Waals surface area (Å²) in [5.74, 6) is 0.363. The lowest BCUT2D eigenvalue weighted by Gasteiger charge is -2.08. The molecule has 1 aromatic carbocycles. The van der Waals surface area contributed by atoms with Gasteiger partial charge in [-0.3, -0.25) is 4.79 Å². The minimum atomic E-state index is -0.279. The Bertz CT molecular complexity index is 354. The Labute approximate surface area is 100 Å². The molecule has 1 rings (SSSR count). The first kappa shape index (κ1) is 13.3. The number of esters is 1. The first-order valence-electron chi connectivity index (χ1n) is 5.36. The van der Waals surface area contributed by atoms with Gasteiger partial charge in [-0.05, 0) is 12.1 Å². The van der Waals surface area contributed by atoms with Gasteiger partial charge in [0.1, 0.15) is 12.4 Å². The minimum Gasteiger partial charge on any atom is -0.489 e. The molecule has 0 bridgehead atoms. The molecule has 0 saturated heterocycles. The molecule has 0 unspecified atom stereocenters. The standard InChI is InChI=1S/C12H17NO4/c1-15-12(14)6-7-16-8-9-17-11-5-3-2-4-10(11)13/h2-5H,6-9,13H2,1H3. The van der Waals surface area contributed by atoms with Gasteiger partial charge in [-0.1, -0.05) is 12.1 Å². The number of carbonyl (C=O) groups excluding carboxylic acids is 1. The average molecular weight is 239 g/mol. The fourth-order valence-corrected chi connectivity index (χ4v) is 1.18. The Hall–Kier alpha value is -1.75. The van der Waals surface area contributed by atoms with E-state index in [4.69, 9.17) is 15.2 Å². The van der Waals surface area contributed by atoms with E-state index < -0.39 is 0 Å². The van der Waals surface area contributed by atoms with E-state index in [1.165, 1.54) is 7.11 Å². The number of rotatable bonds is 7. The third-order valence-corrected chi connectivity index (χ3v) is 2.08. The highest BCUT2D eigenvalue weighted by Gasteiger charge is 2.00. The second-order valence-electron chi connectivity index (χ2n) is 3.32. The molecule has 0 aliphatic rings. The zero-order valence-corrected chi connectivity index (χ0v) is 9.85. The lowest BCUT2D eigenvalue weighted by atomic mass is 10.3. The van der Waals surface area contributed by atoms with E-state index in [1.54, 1.807) is 12.1 Å². The van der Waals surface area contributed by atoms with Crippen molar-refractivity contribution < 1.29 is 19.0 Å². The lowest BCUT2D eigenvalue weighted by molar-refractivity contribution is -0.141. The van der Waals surface area contributed by atoms with Crippen molar-refractivity contribution in [3.8, 4) is 5.75 Å². The summed E-state index contributed by atoms with van der Waals surface area (Å²) in [7, 11) is 1.35. The van der Waals surface area contributed by atoms with Gasteiger partial charge in [-0.15, -0.1) is 0 Å². The molecule has 0 spiro atoms. The van der Waals surface area contributed by atoms with Crippen molar-refractivity contribution in [3.63, 3.8) is 0 Å². The average Bonchev–Trinajstić information content (AvgIpc) is 2.35. The Morgan fingerprint density at radius 3 is 2.71 bits per heavy atom. The highest BCUT2D eigenvalue weighted by molar-refractivity contribution is 5.69. The fourth-order valence-electron chi connectivity index (χ4n) is 1.18. The summed E-state index contributed by atoms with van der Waals surface area (Å²) in [6, 6.07) is 7.26. The van der Waals surface area contributed by atoms with E-state index in [0.29, 0.717) is 31.3 Å². The van der Waals surface area contributed by atoms with E-state index in [0.717, 1.165) is 0 Å².